The molecule has 2 aromatic rings. The highest BCUT2D eigenvalue weighted by atomic mass is 19.1. The van der Waals surface area contributed by atoms with Crippen molar-refractivity contribution in [1.29, 1.82) is 0 Å². The van der Waals surface area contributed by atoms with E-state index in [0.29, 0.717) is 5.56 Å². The second-order valence-corrected chi connectivity index (χ2v) is 4.35. The van der Waals surface area contributed by atoms with Crippen LogP contribution in [0.4, 0.5) is 4.39 Å². The van der Waals surface area contributed by atoms with E-state index in [1.807, 2.05) is 0 Å². The molecule has 0 radical (unpaired) electrons. The van der Waals surface area contributed by atoms with Gasteiger partial charge in [-0.25, -0.2) is 4.39 Å². The highest BCUT2D eigenvalue weighted by molar-refractivity contribution is 5.96. The first-order valence-corrected chi connectivity index (χ1v) is 6.25. The summed E-state index contributed by atoms with van der Waals surface area (Å²) in [5.41, 5.74) is 1.35. The quantitative estimate of drug-likeness (QED) is 0.822. The Morgan fingerprint density at radius 2 is 2.33 bits per heavy atom. The number of benzene rings is 1. The second kappa shape index (κ2) is 6.68. The molecule has 0 fully saturated rings. The topological polar surface area (TPSA) is 67.2 Å². The first kappa shape index (κ1) is 14.8. The van der Waals surface area contributed by atoms with Gasteiger partial charge in [0.15, 0.2) is 0 Å². The highest BCUT2D eigenvalue weighted by Gasteiger charge is 2.11. The third-order valence-electron chi connectivity index (χ3n) is 2.74. The number of nitrogens with one attached hydrogen (secondary N) is 1. The number of carbonyl (C=O) groups excluding carboxylic acids is 1. The molecule has 5 nitrogen and oxygen atoms in total. The van der Waals surface area contributed by atoms with E-state index >= 15 is 0 Å². The number of carbonyl (C=O) groups is 1. The van der Waals surface area contributed by atoms with Crippen molar-refractivity contribution >= 4 is 5.91 Å². The Hall–Kier alpha value is -2.65. The van der Waals surface area contributed by atoms with Gasteiger partial charge >= 0.3 is 0 Å². The van der Waals surface area contributed by atoms with Crippen molar-refractivity contribution in [2.75, 3.05) is 6.61 Å². The van der Waals surface area contributed by atoms with E-state index in [-0.39, 0.29) is 18.7 Å². The molecule has 1 heterocycles. The van der Waals surface area contributed by atoms with Crippen LogP contribution in [0.3, 0.4) is 0 Å². The lowest BCUT2D eigenvalue weighted by Crippen LogP contribution is -2.23. The lowest BCUT2D eigenvalue weighted by Gasteiger charge is -2.06. The second-order valence-electron chi connectivity index (χ2n) is 4.35. The highest BCUT2D eigenvalue weighted by Crippen LogP contribution is 2.11. The third kappa shape index (κ3) is 3.91. The maximum atomic E-state index is 13.3. The Bertz CT molecular complexity index is 713. The normalized spacial score (nSPS) is 9.86. The molecule has 0 spiro atoms. The number of hydrogen-bond donors (Lipinski definition) is 2. The van der Waals surface area contributed by atoms with Crippen molar-refractivity contribution in [3.8, 4) is 11.8 Å². The summed E-state index contributed by atoms with van der Waals surface area (Å²) in [5.74, 6) is 4.13. The predicted octanol–water partition coefficient (Wildman–Crippen LogP) is 0.833. The number of amides is 1. The van der Waals surface area contributed by atoms with E-state index in [0.717, 1.165) is 11.6 Å². The van der Waals surface area contributed by atoms with Crippen LogP contribution in [0.2, 0.25) is 0 Å². The Morgan fingerprint density at radius 1 is 1.52 bits per heavy atom. The van der Waals surface area contributed by atoms with Gasteiger partial charge in [-0.15, -0.1) is 0 Å². The van der Waals surface area contributed by atoms with E-state index < -0.39 is 11.7 Å². The van der Waals surface area contributed by atoms with Gasteiger partial charge < -0.3 is 10.4 Å². The molecule has 0 atom stereocenters. The molecular formula is C15H14FN3O2. The van der Waals surface area contributed by atoms with Crippen molar-refractivity contribution in [3.63, 3.8) is 0 Å². The number of aliphatic hydroxyl groups is 1. The summed E-state index contributed by atoms with van der Waals surface area (Å²) in [6.45, 7) is -0.0375. The van der Waals surface area contributed by atoms with E-state index in [1.54, 1.807) is 24.1 Å². The van der Waals surface area contributed by atoms with Gasteiger partial charge in [-0.05, 0) is 18.2 Å². The maximum Gasteiger partial charge on any atom is 0.252 e. The van der Waals surface area contributed by atoms with Crippen LogP contribution in [0.1, 0.15) is 21.5 Å². The van der Waals surface area contributed by atoms with Gasteiger partial charge in [0.05, 0.1) is 11.8 Å². The lowest BCUT2D eigenvalue weighted by atomic mass is 10.1. The molecule has 1 amide bonds. The molecule has 2 rings (SSSR count). The fourth-order valence-corrected chi connectivity index (χ4v) is 1.79. The van der Waals surface area contributed by atoms with E-state index in [2.05, 4.69) is 22.3 Å². The fourth-order valence-electron chi connectivity index (χ4n) is 1.79. The zero-order valence-corrected chi connectivity index (χ0v) is 11.4. The summed E-state index contributed by atoms with van der Waals surface area (Å²) in [6, 6.07) is 3.76. The largest absolute Gasteiger partial charge is 0.384 e. The Labute approximate surface area is 121 Å². The van der Waals surface area contributed by atoms with Gasteiger partial charge in [-0.2, -0.15) is 5.10 Å². The van der Waals surface area contributed by atoms with Crippen LogP contribution in [-0.2, 0) is 13.6 Å². The summed E-state index contributed by atoms with van der Waals surface area (Å²) in [4.78, 5) is 12.1. The van der Waals surface area contributed by atoms with Crippen molar-refractivity contribution in [3.05, 3.63) is 53.1 Å². The number of rotatable bonds is 3. The van der Waals surface area contributed by atoms with Crippen molar-refractivity contribution in [2.45, 2.75) is 6.54 Å². The Balaban J connectivity index is 2.15. The van der Waals surface area contributed by atoms with Crippen LogP contribution in [0.25, 0.3) is 0 Å². The molecule has 0 unspecified atom stereocenters. The number of halogens is 1. The van der Waals surface area contributed by atoms with Gasteiger partial charge in [0.1, 0.15) is 12.4 Å². The first-order chi connectivity index (χ1) is 10.1. The summed E-state index contributed by atoms with van der Waals surface area (Å²) in [5, 5.41) is 15.4. The third-order valence-corrected chi connectivity index (χ3v) is 2.74. The summed E-state index contributed by atoms with van der Waals surface area (Å²) < 4.78 is 14.9. The Morgan fingerprint density at radius 3 is 3.00 bits per heavy atom. The van der Waals surface area contributed by atoms with Crippen molar-refractivity contribution < 1.29 is 14.3 Å². The van der Waals surface area contributed by atoms with E-state index in [4.69, 9.17) is 5.11 Å². The number of nitrogens with zero attached hydrogens (tertiary/aromatic N) is 2. The molecule has 2 N–H and O–H groups in total. The van der Waals surface area contributed by atoms with Gasteiger partial charge in [-0.3, -0.25) is 9.48 Å². The van der Waals surface area contributed by atoms with Crippen LogP contribution in [-0.4, -0.2) is 27.4 Å². The minimum atomic E-state index is -0.518. The number of aryl methyl sites for hydroxylation is 1. The van der Waals surface area contributed by atoms with Gasteiger partial charge in [0, 0.05) is 30.9 Å². The average Bonchev–Trinajstić information content (AvgIpc) is 2.89. The van der Waals surface area contributed by atoms with Gasteiger partial charge in [0.2, 0.25) is 0 Å². The maximum absolute atomic E-state index is 13.3. The zero-order chi connectivity index (χ0) is 15.2. The number of aromatic nitrogens is 2. The monoisotopic (exact) mass is 287 g/mol. The van der Waals surface area contributed by atoms with Gasteiger partial charge in [0.25, 0.3) is 5.91 Å². The van der Waals surface area contributed by atoms with Crippen LogP contribution < -0.4 is 5.32 Å². The molecule has 6 heteroatoms. The average molecular weight is 287 g/mol. The molecule has 21 heavy (non-hydrogen) atoms. The van der Waals surface area contributed by atoms with E-state index in [1.165, 1.54) is 12.1 Å². The molecule has 0 aliphatic carbocycles. The minimum absolute atomic E-state index is 0.139. The summed E-state index contributed by atoms with van der Waals surface area (Å²) in [6.07, 6.45) is 3.41. The fraction of sp³-hybridized carbons (Fsp3) is 0.200. The van der Waals surface area contributed by atoms with Gasteiger partial charge in [-0.1, -0.05) is 11.8 Å². The van der Waals surface area contributed by atoms with Crippen molar-refractivity contribution in [1.82, 2.24) is 15.1 Å². The van der Waals surface area contributed by atoms with Crippen LogP contribution >= 0.6 is 0 Å². The lowest BCUT2D eigenvalue weighted by molar-refractivity contribution is 0.0950. The molecule has 0 bridgehead atoms. The predicted molar refractivity (Wildman–Crippen MR) is 74.7 cm³/mol. The molecule has 108 valence electrons. The Kier molecular flexibility index (Phi) is 4.69. The first-order valence-electron chi connectivity index (χ1n) is 6.25. The van der Waals surface area contributed by atoms with E-state index in [9.17, 15) is 9.18 Å². The SMILES string of the molecule is Cn1cc(CNC(=O)c2cc(F)ccc2C#CCO)cn1. The van der Waals surface area contributed by atoms with Crippen LogP contribution in [0.15, 0.2) is 30.6 Å². The molecular weight excluding hydrogens is 273 g/mol. The molecule has 0 saturated heterocycles. The summed E-state index contributed by atoms with van der Waals surface area (Å²) in [7, 11) is 1.78. The number of hydrogen-bond acceptors (Lipinski definition) is 3. The smallest absolute Gasteiger partial charge is 0.252 e. The molecule has 0 aliphatic rings. The molecule has 0 aliphatic heterocycles. The number of aliphatic hydroxyl groups excluding tert-OH is 1. The van der Waals surface area contributed by atoms with Crippen LogP contribution in [0, 0.1) is 17.7 Å². The molecule has 1 aromatic heterocycles. The van der Waals surface area contributed by atoms with Crippen LogP contribution in [0.5, 0.6) is 0 Å². The molecule has 1 aromatic carbocycles. The standard InChI is InChI=1S/C15H14FN3O2/c1-19-10-11(9-18-19)8-17-15(21)14-7-13(16)5-4-12(14)3-2-6-20/h4-5,7,9-10,20H,6,8H2,1H3,(H,17,21). The minimum Gasteiger partial charge on any atom is -0.384 e. The van der Waals surface area contributed by atoms with Crippen molar-refractivity contribution in [2.24, 2.45) is 7.05 Å². The zero-order valence-electron chi connectivity index (χ0n) is 11.4. The summed E-state index contributed by atoms with van der Waals surface area (Å²) >= 11 is 0. The molecule has 0 saturated carbocycles.